The molecule has 1 unspecified atom stereocenters. The molecular formula is C17H22ClNO3. The van der Waals surface area contributed by atoms with Crippen molar-refractivity contribution >= 4 is 23.5 Å². The average Bonchev–Trinajstić information content (AvgIpc) is 2.85. The van der Waals surface area contributed by atoms with E-state index in [0.717, 1.165) is 12.8 Å². The lowest BCUT2D eigenvalue weighted by atomic mass is 10.0. The van der Waals surface area contributed by atoms with Gasteiger partial charge in [0.25, 0.3) is 0 Å². The number of hydrogen-bond donors (Lipinski definition) is 0. The van der Waals surface area contributed by atoms with Crippen LogP contribution in [0.25, 0.3) is 0 Å². The molecule has 0 aromatic heterocycles. The fraction of sp³-hybridized carbons (Fsp3) is 0.529. The van der Waals surface area contributed by atoms with E-state index in [1.165, 1.54) is 0 Å². The van der Waals surface area contributed by atoms with E-state index in [4.69, 9.17) is 16.3 Å². The molecule has 5 heteroatoms. The number of halogens is 1. The van der Waals surface area contributed by atoms with Gasteiger partial charge in [-0.3, -0.25) is 4.79 Å². The van der Waals surface area contributed by atoms with Crippen LogP contribution >= 0.6 is 11.6 Å². The first-order valence-electron chi connectivity index (χ1n) is 7.54. The smallest absolute Gasteiger partial charge is 0.410 e. The van der Waals surface area contributed by atoms with E-state index in [1.54, 1.807) is 29.2 Å². The summed E-state index contributed by atoms with van der Waals surface area (Å²) in [6, 6.07) is 6.76. The summed E-state index contributed by atoms with van der Waals surface area (Å²) in [5.74, 6) is 0.0251. The zero-order valence-electron chi connectivity index (χ0n) is 13.3. The van der Waals surface area contributed by atoms with E-state index >= 15 is 0 Å². The van der Waals surface area contributed by atoms with E-state index in [2.05, 4.69) is 0 Å². The molecule has 1 aromatic carbocycles. The maximum absolute atomic E-state index is 12.3. The van der Waals surface area contributed by atoms with Gasteiger partial charge in [0.1, 0.15) is 5.60 Å². The summed E-state index contributed by atoms with van der Waals surface area (Å²) < 4.78 is 5.41. The molecule has 1 aliphatic rings. The highest BCUT2D eigenvalue weighted by molar-refractivity contribution is 6.30. The van der Waals surface area contributed by atoms with Gasteiger partial charge in [0.05, 0.1) is 0 Å². The van der Waals surface area contributed by atoms with Crippen molar-refractivity contribution in [2.45, 2.75) is 51.7 Å². The van der Waals surface area contributed by atoms with Crippen LogP contribution in [-0.2, 0) is 4.74 Å². The number of hydrogen-bond acceptors (Lipinski definition) is 3. The van der Waals surface area contributed by atoms with Crippen LogP contribution in [0.4, 0.5) is 4.79 Å². The second-order valence-corrected chi connectivity index (χ2v) is 7.04. The Kier molecular flexibility index (Phi) is 5.12. The lowest BCUT2D eigenvalue weighted by Crippen LogP contribution is -2.40. The van der Waals surface area contributed by atoms with Crippen LogP contribution in [0, 0.1) is 0 Å². The second kappa shape index (κ2) is 6.69. The van der Waals surface area contributed by atoms with Crippen molar-refractivity contribution < 1.29 is 14.3 Å². The summed E-state index contributed by atoms with van der Waals surface area (Å²) in [6.07, 6.45) is 1.72. The van der Waals surface area contributed by atoms with Gasteiger partial charge in [0.2, 0.25) is 0 Å². The molecular weight excluding hydrogens is 302 g/mol. The van der Waals surface area contributed by atoms with Crippen molar-refractivity contribution in [1.29, 1.82) is 0 Å². The molecule has 1 aromatic rings. The minimum atomic E-state index is -0.523. The van der Waals surface area contributed by atoms with Gasteiger partial charge < -0.3 is 9.64 Å². The minimum absolute atomic E-state index is 0.0251. The highest BCUT2D eigenvalue weighted by Gasteiger charge is 2.33. The van der Waals surface area contributed by atoms with Crippen molar-refractivity contribution in [2.24, 2.45) is 0 Å². The zero-order valence-corrected chi connectivity index (χ0v) is 14.0. The van der Waals surface area contributed by atoms with Crippen molar-refractivity contribution in [3.63, 3.8) is 0 Å². The van der Waals surface area contributed by atoms with Gasteiger partial charge >= 0.3 is 6.09 Å². The molecule has 0 bridgehead atoms. The Hall–Kier alpha value is -1.55. The number of benzene rings is 1. The quantitative estimate of drug-likeness (QED) is 0.778. The van der Waals surface area contributed by atoms with Gasteiger partial charge in [0, 0.05) is 29.6 Å². The lowest BCUT2D eigenvalue weighted by Gasteiger charge is -2.28. The van der Waals surface area contributed by atoms with Gasteiger partial charge in [0.15, 0.2) is 5.78 Å². The third kappa shape index (κ3) is 4.47. The predicted molar refractivity (Wildman–Crippen MR) is 86.4 cm³/mol. The number of Topliss-reactive ketones (excluding diaryl/α,β-unsaturated/α-hetero) is 1. The third-order valence-electron chi connectivity index (χ3n) is 3.59. The van der Waals surface area contributed by atoms with Gasteiger partial charge in [-0.05, 0) is 57.9 Å². The molecule has 1 fully saturated rings. The maximum atomic E-state index is 12.3. The van der Waals surface area contributed by atoms with E-state index in [9.17, 15) is 9.59 Å². The monoisotopic (exact) mass is 323 g/mol. The van der Waals surface area contributed by atoms with Crippen molar-refractivity contribution in [1.82, 2.24) is 4.90 Å². The number of rotatable bonds is 3. The number of amides is 1. The van der Waals surface area contributed by atoms with E-state index < -0.39 is 5.60 Å². The molecule has 2 rings (SSSR count). The first kappa shape index (κ1) is 16.8. The molecule has 22 heavy (non-hydrogen) atoms. The average molecular weight is 324 g/mol. The van der Waals surface area contributed by atoms with Crippen molar-refractivity contribution in [2.75, 3.05) is 6.54 Å². The molecule has 0 aliphatic carbocycles. The Morgan fingerprint density at radius 3 is 2.50 bits per heavy atom. The van der Waals surface area contributed by atoms with Gasteiger partial charge in [-0.1, -0.05) is 11.6 Å². The SMILES string of the molecule is CC(C)(C)OC(=O)N1CCCC1CC(=O)c1ccc(Cl)cc1. The van der Waals surface area contributed by atoms with Crippen molar-refractivity contribution in [3.05, 3.63) is 34.9 Å². The molecule has 1 aliphatic heterocycles. The topological polar surface area (TPSA) is 46.6 Å². The fourth-order valence-corrected chi connectivity index (χ4v) is 2.70. The normalized spacial score (nSPS) is 18.4. The molecule has 120 valence electrons. The van der Waals surface area contributed by atoms with Crippen molar-refractivity contribution in [3.8, 4) is 0 Å². The largest absolute Gasteiger partial charge is 0.444 e. The Labute approximate surface area is 136 Å². The minimum Gasteiger partial charge on any atom is -0.444 e. The second-order valence-electron chi connectivity index (χ2n) is 6.60. The molecule has 0 N–H and O–H groups in total. The number of ether oxygens (including phenoxy) is 1. The maximum Gasteiger partial charge on any atom is 0.410 e. The molecule has 1 amide bonds. The van der Waals surface area contributed by atoms with Crippen LogP contribution in [0.5, 0.6) is 0 Å². The zero-order chi connectivity index (χ0) is 16.3. The molecule has 1 heterocycles. The Balaban J connectivity index is 2.00. The van der Waals surface area contributed by atoms with Crippen LogP contribution < -0.4 is 0 Å². The van der Waals surface area contributed by atoms with Crippen LogP contribution in [-0.4, -0.2) is 35.0 Å². The van der Waals surface area contributed by atoms with E-state index in [1.807, 2.05) is 20.8 Å². The molecule has 0 spiro atoms. The van der Waals surface area contributed by atoms with Gasteiger partial charge in [-0.15, -0.1) is 0 Å². The van der Waals surface area contributed by atoms with E-state index in [-0.39, 0.29) is 17.9 Å². The predicted octanol–water partition coefficient (Wildman–Crippen LogP) is 4.31. The fourth-order valence-electron chi connectivity index (χ4n) is 2.58. The Bertz CT molecular complexity index is 548. The number of ketones is 1. The molecule has 0 radical (unpaired) electrons. The third-order valence-corrected chi connectivity index (χ3v) is 3.84. The summed E-state index contributed by atoms with van der Waals surface area (Å²) in [6.45, 7) is 6.17. The van der Waals surface area contributed by atoms with Gasteiger partial charge in [-0.2, -0.15) is 0 Å². The number of carbonyl (C=O) groups excluding carboxylic acids is 2. The number of nitrogens with zero attached hydrogens (tertiary/aromatic N) is 1. The van der Waals surface area contributed by atoms with E-state index in [0.29, 0.717) is 23.6 Å². The molecule has 1 atom stereocenters. The summed E-state index contributed by atoms with van der Waals surface area (Å²) in [5, 5.41) is 0.604. The summed E-state index contributed by atoms with van der Waals surface area (Å²) in [7, 11) is 0. The standard InChI is InChI=1S/C17H22ClNO3/c1-17(2,3)22-16(21)19-10-4-5-14(19)11-15(20)12-6-8-13(18)9-7-12/h6-9,14H,4-5,10-11H2,1-3H3. The van der Waals surface area contributed by atoms with Gasteiger partial charge in [-0.25, -0.2) is 4.79 Å². The van der Waals surface area contributed by atoms with Crippen LogP contribution in [0.3, 0.4) is 0 Å². The Morgan fingerprint density at radius 1 is 1.27 bits per heavy atom. The first-order valence-corrected chi connectivity index (χ1v) is 7.92. The summed E-state index contributed by atoms with van der Waals surface area (Å²) in [5.41, 5.74) is 0.102. The molecule has 0 saturated carbocycles. The molecule has 4 nitrogen and oxygen atoms in total. The van der Waals surface area contributed by atoms with Crippen LogP contribution in [0.15, 0.2) is 24.3 Å². The van der Waals surface area contributed by atoms with Crippen LogP contribution in [0.2, 0.25) is 5.02 Å². The number of likely N-dealkylation sites (tertiary alicyclic amines) is 1. The summed E-state index contributed by atoms with van der Waals surface area (Å²) >= 11 is 5.83. The Morgan fingerprint density at radius 2 is 1.91 bits per heavy atom. The molecule has 1 saturated heterocycles. The van der Waals surface area contributed by atoms with Crippen LogP contribution in [0.1, 0.15) is 50.4 Å². The number of carbonyl (C=O) groups is 2. The first-order chi connectivity index (χ1) is 10.3. The summed E-state index contributed by atoms with van der Waals surface area (Å²) in [4.78, 5) is 26.2. The highest BCUT2D eigenvalue weighted by Crippen LogP contribution is 2.24. The lowest BCUT2D eigenvalue weighted by molar-refractivity contribution is 0.0223. The highest BCUT2D eigenvalue weighted by atomic mass is 35.5.